The molecule has 0 aliphatic carbocycles. The van der Waals surface area contributed by atoms with Crippen LogP contribution in [0.15, 0.2) is 30.3 Å². The first-order valence-electron chi connectivity index (χ1n) is 6.38. The van der Waals surface area contributed by atoms with Crippen LogP contribution in [0.5, 0.6) is 0 Å². The van der Waals surface area contributed by atoms with Gasteiger partial charge in [-0.15, -0.1) is 0 Å². The molecule has 88 valence electrons. The lowest BCUT2D eigenvalue weighted by molar-refractivity contribution is -0.0258. The fourth-order valence-corrected chi connectivity index (χ4v) is 3.87. The van der Waals surface area contributed by atoms with Crippen LogP contribution in [0.4, 0.5) is 0 Å². The van der Waals surface area contributed by atoms with Crippen LogP contribution in [0.1, 0.15) is 44.1 Å². The van der Waals surface area contributed by atoms with Crippen molar-refractivity contribution >= 4 is 10.2 Å². The molecule has 1 saturated heterocycles. The molecule has 0 amide bonds. The van der Waals surface area contributed by atoms with E-state index in [1.54, 1.807) is 0 Å². The lowest BCUT2D eigenvalue weighted by Crippen LogP contribution is -2.38. The lowest BCUT2D eigenvalue weighted by Gasteiger charge is -2.36. The minimum Gasteiger partial charge on any atom is -0.380 e. The van der Waals surface area contributed by atoms with E-state index in [9.17, 15) is 0 Å². The van der Waals surface area contributed by atoms with Crippen molar-refractivity contribution in [1.82, 2.24) is 0 Å². The molecule has 16 heavy (non-hydrogen) atoms. The summed E-state index contributed by atoms with van der Waals surface area (Å²) < 4.78 is 6.02. The van der Waals surface area contributed by atoms with E-state index in [2.05, 4.69) is 37.3 Å². The predicted octanol–water partition coefficient (Wildman–Crippen LogP) is 2.44. The second-order valence-corrected chi connectivity index (χ2v) is 7.09. The molecule has 0 bridgehead atoms. The minimum atomic E-state index is 0.244. The number of rotatable bonds is 3. The summed E-state index contributed by atoms with van der Waals surface area (Å²) in [6, 6.07) is 10.8. The zero-order valence-corrected chi connectivity index (χ0v) is 12.4. The molecule has 0 aromatic heterocycles. The molecule has 0 radical (unpaired) electrons. The van der Waals surface area contributed by atoms with Gasteiger partial charge in [-0.1, -0.05) is 37.3 Å². The minimum absolute atomic E-state index is 0.244. The molecular formula is C14H22OSi. The Kier molecular flexibility index (Phi) is 3.82. The maximum absolute atomic E-state index is 6.02. The molecule has 1 aromatic carbocycles. The van der Waals surface area contributed by atoms with Gasteiger partial charge in [0.05, 0.1) is 0 Å². The third-order valence-electron chi connectivity index (χ3n) is 3.66. The van der Waals surface area contributed by atoms with Crippen LogP contribution in [-0.4, -0.2) is 22.1 Å². The Bertz CT molecular complexity index is 317. The van der Waals surface area contributed by atoms with Gasteiger partial charge in [-0.05, 0) is 37.2 Å². The summed E-state index contributed by atoms with van der Waals surface area (Å²) in [5.41, 5.74) is 1.45. The summed E-state index contributed by atoms with van der Waals surface area (Å²) in [4.78, 5) is 0. The molecule has 1 aliphatic rings. The number of hydrogen-bond donors (Lipinski definition) is 0. The van der Waals surface area contributed by atoms with Crippen LogP contribution in [0.2, 0.25) is 0 Å². The average molecular weight is 234 g/mol. The third kappa shape index (κ3) is 2.95. The molecule has 0 saturated carbocycles. The zero-order valence-electron chi connectivity index (χ0n) is 10.4. The van der Waals surface area contributed by atoms with Crippen molar-refractivity contribution in [2.75, 3.05) is 6.61 Å². The van der Waals surface area contributed by atoms with E-state index in [-0.39, 0.29) is 5.22 Å². The highest BCUT2D eigenvalue weighted by atomic mass is 28.1. The molecule has 1 fully saturated rings. The Labute approximate surface area is 102 Å². The van der Waals surface area contributed by atoms with Crippen LogP contribution in [-0.2, 0) is 4.74 Å². The van der Waals surface area contributed by atoms with Gasteiger partial charge < -0.3 is 4.74 Å². The fourth-order valence-electron chi connectivity index (χ4n) is 2.70. The van der Waals surface area contributed by atoms with Gasteiger partial charge in [-0.25, -0.2) is 0 Å². The van der Waals surface area contributed by atoms with E-state index in [0.717, 1.165) is 16.8 Å². The van der Waals surface area contributed by atoms with E-state index in [1.807, 2.05) is 0 Å². The molecule has 2 heteroatoms. The molecule has 1 aliphatic heterocycles. The van der Waals surface area contributed by atoms with E-state index in [0.29, 0.717) is 5.92 Å². The van der Waals surface area contributed by atoms with Crippen molar-refractivity contribution in [3.05, 3.63) is 35.9 Å². The normalized spacial score (nSPS) is 27.8. The van der Waals surface area contributed by atoms with Gasteiger partial charge in [0, 0.05) is 22.1 Å². The van der Waals surface area contributed by atoms with Gasteiger partial charge in [0.2, 0.25) is 0 Å². The molecule has 2 rings (SSSR count). The molecule has 0 spiro atoms. The van der Waals surface area contributed by atoms with Crippen molar-refractivity contribution in [3.8, 4) is 0 Å². The summed E-state index contributed by atoms with van der Waals surface area (Å²) in [5, 5.41) is 0.244. The molecule has 1 nitrogen and oxygen atoms in total. The van der Waals surface area contributed by atoms with E-state index in [4.69, 9.17) is 4.74 Å². The zero-order chi connectivity index (χ0) is 11.4. The Morgan fingerprint density at radius 2 is 2.06 bits per heavy atom. The standard InChI is InChI=1S/C14H22OSi/c1-12(13-7-3-2-4-8-13)11-14(16)9-5-6-10-15-14/h2-4,7-8,12H,5-6,9-11H2,1,16H3. The van der Waals surface area contributed by atoms with E-state index >= 15 is 0 Å². The largest absolute Gasteiger partial charge is 0.380 e. The highest BCUT2D eigenvalue weighted by molar-refractivity contribution is 6.14. The fraction of sp³-hybridized carbons (Fsp3) is 0.571. The van der Waals surface area contributed by atoms with Gasteiger partial charge in [-0.3, -0.25) is 0 Å². The summed E-state index contributed by atoms with van der Waals surface area (Å²) >= 11 is 0. The first-order chi connectivity index (χ1) is 7.70. The summed E-state index contributed by atoms with van der Waals surface area (Å²) in [6.07, 6.45) is 5.08. The van der Waals surface area contributed by atoms with Crippen molar-refractivity contribution in [1.29, 1.82) is 0 Å². The van der Waals surface area contributed by atoms with Gasteiger partial charge in [0.25, 0.3) is 0 Å². The molecule has 1 heterocycles. The molecular weight excluding hydrogens is 212 g/mol. The Morgan fingerprint density at radius 1 is 1.31 bits per heavy atom. The Morgan fingerprint density at radius 3 is 2.69 bits per heavy atom. The Balaban J connectivity index is 1.98. The first kappa shape index (κ1) is 11.9. The van der Waals surface area contributed by atoms with Crippen molar-refractivity contribution in [3.63, 3.8) is 0 Å². The first-order valence-corrected chi connectivity index (χ1v) is 7.38. The molecule has 1 aromatic rings. The van der Waals surface area contributed by atoms with E-state index < -0.39 is 0 Å². The SMILES string of the molecule is CC(CC1([SiH3])CCCCO1)c1ccccc1. The van der Waals surface area contributed by atoms with Crippen molar-refractivity contribution < 1.29 is 4.74 Å². The smallest absolute Gasteiger partial charge is 0.0491 e. The van der Waals surface area contributed by atoms with Gasteiger partial charge in [-0.2, -0.15) is 0 Å². The highest BCUT2D eigenvalue weighted by Crippen LogP contribution is 2.32. The summed E-state index contributed by atoms with van der Waals surface area (Å²) in [7, 11) is 1.16. The van der Waals surface area contributed by atoms with Crippen molar-refractivity contribution in [2.24, 2.45) is 0 Å². The molecule has 0 N–H and O–H groups in total. The summed E-state index contributed by atoms with van der Waals surface area (Å²) in [6.45, 7) is 3.30. The van der Waals surface area contributed by atoms with Crippen LogP contribution >= 0.6 is 0 Å². The van der Waals surface area contributed by atoms with E-state index in [1.165, 1.54) is 31.2 Å². The number of hydrogen-bond acceptors (Lipinski definition) is 1. The summed E-state index contributed by atoms with van der Waals surface area (Å²) in [5.74, 6) is 0.622. The molecule has 2 atom stereocenters. The maximum atomic E-state index is 6.02. The quantitative estimate of drug-likeness (QED) is 0.730. The second kappa shape index (κ2) is 5.15. The van der Waals surface area contributed by atoms with Crippen LogP contribution < -0.4 is 0 Å². The maximum Gasteiger partial charge on any atom is 0.0491 e. The van der Waals surface area contributed by atoms with Gasteiger partial charge in [0.1, 0.15) is 0 Å². The highest BCUT2D eigenvalue weighted by Gasteiger charge is 2.29. The molecule has 2 unspecified atom stereocenters. The Hall–Kier alpha value is -0.603. The van der Waals surface area contributed by atoms with Crippen molar-refractivity contribution in [2.45, 2.75) is 43.7 Å². The van der Waals surface area contributed by atoms with Gasteiger partial charge >= 0.3 is 0 Å². The van der Waals surface area contributed by atoms with Crippen LogP contribution in [0.25, 0.3) is 0 Å². The third-order valence-corrected chi connectivity index (χ3v) is 4.85. The van der Waals surface area contributed by atoms with Crippen LogP contribution in [0.3, 0.4) is 0 Å². The number of ether oxygens (including phenoxy) is 1. The number of benzene rings is 1. The predicted molar refractivity (Wildman–Crippen MR) is 71.9 cm³/mol. The van der Waals surface area contributed by atoms with Crippen LogP contribution in [0, 0.1) is 0 Å². The monoisotopic (exact) mass is 234 g/mol. The lowest BCUT2D eigenvalue weighted by atomic mass is 9.91. The topological polar surface area (TPSA) is 9.23 Å². The average Bonchev–Trinajstić information content (AvgIpc) is 2.30. The van der Waals surface area contributed by atoms with Gasteiger partial charge in [0.15, 0.2) is 0 Å². The second-order valence-electron chi connectivity index (χ2n) is 5.27.